The second kappa shape index (κ2) is 7.26. The summed E-state index contributed by atoms with van der Waals surface area (Å²) in [7, 11) is 1.62. The average molecular weight is 330 g/mol. The van der Waals surface area contributed by atoms with Crippen molar-refractivity contribution in [2.75, 3.05) is 33.3 Å². The van der Waals surface area contributed by atoms with Gasteiger partial charge in [0.2, 0.25) is 0 Å². The number of nitrogens with zero attached hydrogens (tertiary/aromatic N) is 1. The van der Waals surface area contributed by atoms with E-state index in [2.05, 4.69) is 17.1 Å². The van der Waals surface area contributed by atoms with E-state index in [9.17, 15) is 4.79 Å². The first kappa shape index (κ1) is 16.8. The summed E-state index contributed by atoms with van der Waals surface area (Å²) in [6, 6.07) is 5.64. The zero-order chi connectivity index (χ0) is 17.1. The van der Waals surface area contributed by atoms with E-state index in [1.54, 1.807) is 7.11 Å². The fourth-order valence-electron chi connectivity index (χ4n) is 3.47. The van der Waals surface area contributed by atoms with E-state index in [0.29, 0.717) is 23.8 Å². The van der Waals surface area contributed by atoms with Crippen LogP contribution in [0, 0.1) is 12.8 Å². The second-order valence-corrected chi connectivity index (χ2v) is 6.53. The number of hydrogen-bond donors (Lipinski definition) is 1. The maximum Gasteiger partial charge on any atom is 0.287 e. The highest BCUT2D eigenvalue weighted by atomic mass is 16.5. The smallest absolute Gasteiger partial charge is 0.287 e. The Morgan fingerprint density at radius 2 is 2.29 bits per heavy atom. The van der Waals surface area contributed by atoms with Gasteiger partial charge in [-0.25, -0.2) is 0 Å². The molecule has 1 atom stereocenters. The molecule has 1 unspecified atom stereocenters. The number of benzene rings is 1. The van der Waals surface area contributed by atoms with Gasteiger partial charge in [-0.1, -0.05) is 6.92 Å². The Morgan fingerprint density at radius 1 is 1.46 bits per heavy atom. The number of amides is 1. The van der Waals surface area contributed by atoms with Crippen LogP contribution in [0.25, 0.3) is 11.0 Å². The molecule has 0 bridgehead atoms. The number of carbonyl (C=O) groups is 1. The molecule has 2 aromatic rings. The highest BCUT2D eigenvalue weighted by Crippen LogP contribution is 2.28. The van der Waals surface area contributed by atoms with Crippen LogP contribution in [0.4, 0.5) is 0 Å². The molecule has 5 heteroatoms. The Hall–Kier alpha value is -2.01. The van der Waals surface area contributed by atoms with Gasteiger partial charge in [0, 0.05) is 30.1 Å². The van der Waals surface area contributed by atoms with Crippen LogP contribution in [0.1, 0.15) is 35.9 Å². The molecule has 0 spiro atoms. The second-order valence-electron chi connectivity index (χ2n) is 6.53. The van der Waals surface area contributed by atoms with Gasteiger partial charge in [0.25, 0.3) is 5.91 Å². The maximum absolute atomic E-state index is 12.5. The third-order valence-corrected chi connectivity index (χ3v) is 4.95. The minimum Gasteiger partial charge on any atom is -0.497 e. The lowest BCUT2D eigenvalue weighted by molar-refractivity contribution is 0.0907. The van der Waals surface area contributed by atoms with Crippen LogP contribution >= 0.6 is 0 Å². The number of nitrogens with one attached hydrogen (secondary N) is 1. The largest absolute Gasteiger partial charge is 0.497 e. The van der Waals surface area contributed by atoms with Crippen molar-refractivity contribution < 1.29 is 13.9 Å². The number of methoxy groups -OCH3 is 1. The van der Waals surface area contributed by atoms with Crippen LogP contribution < -0.4 is 10.1 Å². The molecule has 0 saturated carbocycles. The van der Waals surface area contributed by atoms with Gasteiger partial charge in [-0.05, 0) is 50.9 Å². The molecule has 1 aliphatic heterocycles. The summed E-state index contributed by atoms with van der Waals surface area (Å²) in [5, 5.41) is 4.01. The summed E-state index contributed by atoms with van der Waals surface area (Å²) in [4.78, 5) is 15.0. The topological polar surface area (TPSA) is 54.7 Å². The van der Waals surface area contributed by atoms with Gasteiger partial charge < -0.3 is 19.4 Å². The van der Waals surface area contributed by atoms with Crippen LogP contribution in [-0.2, 0) is 0 Å². The predicted octanol–water partition coefficient (Wildman–Crippen LogP) is 3.21. The molecule has 1 aromatic heterocycles. The number of furan rings is 1. The summed E-state index contributed by atoms with van der Waals surface area (Å²) in [6.45, 7) is 8.13. The standard InChI is InChI=1S/C19H26N2O3/c1-4-21-9-5-6-14(12-21)11-20-19(22)18-13(2)16-8-7-15(23-3)10-17(16)24-18/h7-8,10,14H,4-6,9,11-12H2,1-3H3,(H,20,22). The number of hydrogen-bond acceptors (Lipinski definition) is 4. The van der Waals surface area contributed by atoms with Gasteiger partial charge in [0.15, 0.2) is 5.76 Å². The fraction of sp³-hybridized carbons (Fsp3) is 0.526. The molecule has 24 heavy (non-hydrogen) atoms. The molecule has 1 saturated heterocycles. The van der Waals surface area contributed by atoms with Crippen molar-refractivity contribution in [3.8, 4) is 5.75 Å². The minimum absolute atomic E-state index is 0.128. The van der Waals surface area contributed by atoms with Crippen molar-refractivity contribution in [3.63, 3.8) is 0 Å². The van der Waals surface area contributed by atoms with Crippen molar-refractivity contribution in [1.82, 2.24) is 10.2 Å². The number of aryl methyl sites for hydroxylation is 1. The van der Waals surface area contributed by atoms with Crippen molar-refractivity contribution in [3.05, 3.63) is 29.5 Å². The summed E-state index contributed by atoms with van der Waals surface area (Å²) < 4.78 is 11.0. The van der Waals surface area contributed by atoms with E-state index < -0.39 is 0 Å². The molecule has 2 heterocycles. The van der Waals surface area contributed by atoms with Crippen LogP contribution in [0.2, 0.25) is 0 Å². The number of rotatable bonds is 5. The van der Waals surface area contributed by atoms with Gasteiger partial charge in [0.05, 0.1) is 7.11 Å². The Bertz CT molecular complexity index is 723. The maximum atomic E-state index is 12.5. The van der Waals surface area contributed by atoms with Crippen LogP contribution in [0.3, 0.4) is 0 Å². The minimum atomic E-state index is -0.128. The SMILES string of the molecule is CCN1CCCC(CNC(=O)c2oc3cc(OC)ccc3c2C)C1. The first-order valence-electron chi connectivity index (χ1n) is 8.70. The number of piperidine rings is 1. The Labute approximate surface area is 143 Å². The molecule has 5 nitrogen and oxygen atoms in total. The third kappa shape index (κ3) is 3.41. The first-order chi connectivity index (χ1) is 11.6. The van der Waals surface area contributed by atoms with Crippen molar-refractivity contribution in [2.24, 2.45) is 5.92 Å². The molecule has 1 aliphatic rings. The lowest BCUT2D eigenvalue weighted by Gasteiger charge is -2.31. The summed E-state index contributed by atoms with van der Waals surface area (Å²) >= 11 is 0. The third-order valence-electron chi connectivity index (χ3n) is 4.95. The van der Waals surface area contributed by atoms with Crippen molar-refractivity contribution in [2.45, 2.75) is 26.7 Å². The monoisotopic (exact) mass is 330 g/mol. The predicted molar refractivity (Wildman–Crippen MR) is 94.7 cm³/mol. The van der Waals surface area contributed by atoms with Gasteiger partial charge in [0.1, 0.15) is 11.3 Å². The van der Waals surface area contributed by atoms with E-state index in [1.807, 2.05) is 25.1 Å². The molecular weight excluding hydrogens is 304 g/mol. The van der Waals surface area contributed by atoms with Crippen molar-refractivity contribution >= 4 is 16.9 Å². The molecule has 3 rings (SSSR count). The van der Waals surface area contributed by atoms with Crippen molar-refractivity contribution in [1.29, 1.82) is 0 Å². The average Bonchev–Trinajstić information content (AvgIpc) is 2.96. The molecule has 130 valence electrons. The lowest BCUT2D eigenvalue weighted by atomic mass is 9.98. The zero-order valence-corrected chi connectivity index (χ0v) is 14.7. The fourth-order valence-corrected chi connectivity index (χ4v) is 3.47. The quantitative estimate of drug-likeness (QED) is 0.914. The first-order valence-corrected chi connectivity index (χ1v) is 8.70. The molecule has 1 aromatic carbocycles. The molecule has 0 aliphatic carbocycles. The Kier molecular flexibility index (Phi) is 5.09. The summed E-state index contributed by atoms with van der Waals surface area (Å²) in [6.07, 6.45) is 2.38. The molecule has 1 fully saturated rings. The van der Waals surface area contributed by atoms with Crippen LogP contribution in [0.5, 0.6) is 5.75 Å². The number of likely N-dealkylation sites (tertiary alicyclic amines) is 1. The zero-order valence-electron chi connectivity index (χ0n) is 14.7. The van der Waals surface area contributed by atoms with Gasteiger partial charge in [-0.2, -0.15) is 0 Å². The summed E-state index contributed by atoms with van der Waals surface area (Å²) in [5.41, 5.74) is 1.57. The highest BCUT2D eigenvalue weighted by Gasteiger charge is 2.22. The number of carbonyl (C=O) groups excluding carboxylic acids is 1. The van der Waals surface area contributed by atoms with E-state index in [-0.39, 0.29) is 5.91 Å². The van der Waals surface area contributed by atoms with E-state index >= 15 is 0 Å². The highest BCUT2D eigenvalue weighted by molar-refractivity contribution is 5.99. The molecular formula is C19H26N2O3. The van der Waals surface area contributed by atoms with Gasteiger partial charge in [-0.15, -0.1) is 0 Å². The van der Waals surface area contributed by atoms with Gasteiger partial charge in [-0.3, -0.25) is 4.79 Å². The van der Waals surface area contributed by atoms with E-state index in [4.69, 9.17) is 9.15 Å². The van der Waals surface area contributed by atoms with E-state index in [1.165, 1.54) is 19.4 Å². The molecule has 1 amide bonds. The molecule has 0 radical (unpaired) electrons. The molecule has 1 N–H and O–H groups in total. The number of fused-ring (bicyclic) bond motifs is 1. The van der Waals surface area contributed by atoms with Crippen LogP contribution in [-0.4, -0.2) is 44.1 Å². The Morgan fingerprint density at radius 3 is 3.04 bits per heavy atom. The summed E-state index contributed by atoms with van der Waals surface area (Å²) in [5.74, 6) is 1.52. The number of ether oxygens (including phenoxy) is 1. The van der Waals surface area contributed by atoms with Gasteiger partial charge >= 0.3 is 0 Å². The lowest BCUT2D eigenvalue weighted by Crippen LogP contribution is -2.40. The van der Waals surface area contributed by atoms with E-state index in [0.717, 1.165) is 29.8 Å². The normalized spacial score (nSPS) is 18.7. The Balaban J connectivity index is 1.68. The van der Waals surface area contributed by atoms with Crippen LogP contribution in [0.15, 0.2) is 22.6 Å².